The van der Waals surface area contributed by atoms with Gasteiger partial charge in [-0.05, 0) is 37.1 Å². The third kappa shape index (κ3) is 6.73. The summed E-state index contributed by atoms with van der Waals surface area (Å²) in [7, 11) is 0. The molecule has 0 aromatic heterocycles. The normalized spacial score (nSPS) is 26.8. The summed E-state index contributed by atoms with van der Waals surface area (Å²) in [4.78, 5) is 0. The first-order valence-electron chi connectivity index (χ1n) is 7.87. The minimum Gasteiger partial charge on any atom is -0.379 e. The van der Waals surface area contributed by atoms with E-state index in [1.807, 2.05) is 0 Å². The van der Waals surface area contributed by atoms with Crippen LogP contribution in [0.15, 0.2) is 0 Å². The third-order valence-corrected chi connectivity index (χ3v) is 3.81. The Balaban J connectivity index is 2.29. The molecule has 0 aromatic rings. The lowest BCUT2D eigenvalue weighted by atomic mass is 9.74. The van der Waals surface area contributed by atoms with Crippen molar-refractivity contribution < 1.29 is 9.47 Å². The van der Waals surface area contributed by atoms with Gasteiger partial charge in [-0.1, -0.05) is 34.6 Å². The highest BCUT2D eigenvalue weighted by Crippen LogP contribution is 2.36. The van der Waals surface area contributed by atoms with Crippen molar-refractivity contribution in [1.29, 1.82) is 0 Å². The van der Waals surface area contributed by atoms with E-state index in [9.17, 15) is 0 Å². The first-order valence-corrected chi connectivity index (χ1v) is 7.87. The number of hydrogen-bond donors (Lipinski definition) is 1. The van der Waals surface area contributed by atoms with Crippen LogP contribution in [0, 0.1) is 11.3 Å². The van der Waals surface area contributed by atoms with Crippen LogP contribution in [0.4, 0.5) is 0 Å². The standard InChI is InChI=1S/C16H33NO2/c1-6-17-14-7-8-16(4,5)11-15(14)19-10-9-18-12-13(2)3/h13-15,17H,6-12H2,1-5H3. The molecule has 0 spiro atoms. The maximum Gasteiger partial charge on any atom is 0.0734 e. The van der Waals surface area contributed by atoms with Gasteiger partial charge in [-0.3, -0.25) is 0 Å². The number of hydrogen-bond acceptors (Lipinski definition) is 3. The first kappa shape index (κ1) is 16.9. The van der Waals surface area contributed by atoms with Crippen molar-refractivity contribution in [3.63, 3.8) is 0 Å². The van der Waals surface area contributed by atoms with Crippen LogP contribution < -0.4 is 5.32 Å². The van der Waals surface area contributed by atoms with Crippen LogP contribution in [0.2, 0.25) is 0 Å². The highest BCUT2D eigenvalue weighted by Gasteiger charge is 2.34. The molecule has 0 bridgehead atoms. The highest BCUT2D eigenvalue weighted by molar-refractivity contribution is 4.89. The van der Waals surface area contributed by atoms with Gasteiger partial charge in [-0.25, -0.2) is 0 Å². The second-order valence-electron chi connectivity index (χ2n) is 6.95. The van der Waals surface area contributed by atoms with Gasteiger partial charge in [0.25, 0.3) is 0 Å². The van der Waals surface area contributed by atoms with E-state index in [2.05, 4.69) is 39.9 Å². The van der Waals surface area contributed by atoms with Crippen LogP contribution in [-0.2, 0) is 9.47 Å². The molecular formula is C16H33NO2. The van der Waals surface area contributed by atoms with E-state index in [-0.39, 0.29) is 0 Å². The van der Waals surface area contributed by atoms with Crippen molar-refractivity contribution in [3.8, 4) is 0 Å². The molecule has 1 fully saturated rings. The average Bonchev–Trinajstić information content (AvgIpc) is 2.31. The van der Waals surface area contributed by atoms with Crippen molar-refractivity contribution in [1.82, 2.24) is 5.32 Å². The molecule has 1 N–H and O–H groups in total. The summed E-state index contributed by atoms with van der Waals surface area (Å²) in [6, 6.07) is 0.517. The molecule has 3 nitrogen and oxygen atoms in total. The molecule has 2 unspecified atom stereocenters. The van der Waals surface area contributed by atoms with Gasteiger partial charge < -0.3 is 14.8 Å². The van der Waals surface area contributed by atoms with Gasteiger partial charge in [0.15, 0.2) is 0 Å². The Morgan fingerprint density at radius 1 is 1.26 bits per heavy atom. The summed E-state index contributed by atoms with van der Waals surface area (Å²) < 4.78 is 11.7. The van der Waals surface area contributed by atoms with Crippen molar-refractivity contribution in [2.75, 3.05) is 26.4 Å². The topological polar surface area (TPSA) is 30.5 Å². The fourth-order valence-corrected chi connectivity index (χ4v) is 2.77. The van der Waals surface area contributed by atoms with E-state index >= 15 is 0 Å². The molecule has 0 saturated heterocycles. The lowest BCUT2D eigenvalue weighted by Gasteiger charge is -2.40. The van der Waals surface area contributed by atoms with Gasteiger partial charge in [0.1, 0.15) is 0 Å². The summed E-state index contributed by atoms with van der Waals surface area (Å²) in [6.07, 6.45) is 3.99. The maximum atomic E-state index is 6.08. The quantitative estimate of drug-likeness (QED) is 0.688. The molecule has 1 rings (SSSR count). The van der Waals surface area contributed by atoms with Gasteiger partial charge in [0, 0.05) is 12.6 Å². The average molecular weight is 271 g/mol. The van der Waals surface area contributed by atoms with Gasteiger partial charge in [-0.2, -0.15) is 0 Å². The molecule has 19 heavy (non-hydrogen) atoms. The maximum absolute atomic E-state index is 6.08. The lowest BCUT2D eigenvalue weighted by Crippen LogP contribution is -2.47. The smallest absolute Gasteiger partial charge is 0.0734 e. The van der Waals surface area contributed by atoms with E-state index in [1.54, 1.807) is 0 Å². The Morgan fingerprint density at radius 3 is 2.63 bits per heavy atom. The second-order valence-corrected chi connectivity index (χ2v) is 6.95. The number of ether oxygens (including phenoxy) is 2. The number of nitrogens with one attached hydrogen (secondary N) is 1. The zero-order valence-electron chi connectivity index (χ0n) is 13.5. The van der Waals surface area contributed by atoms with Gasteiger partial charge in [0.05, 0.1) is 19.3 Å². The third-order valence-electron chi connectivity index (χ3n) is 3.81. The summed E-state index contributed by atoms with van der Waals surface area (Å²) in [5.74, 6) is 0.600. The largest absolute Gasteiger partial charge is 0.379 e. The predicted octanol–water partition coefficient (Wildman–Crippen LogP) is 3.23. The van der Waals surface area contributed by atoms with Crippen molar-refractivity contribution in [2.45, 2.75) is 66.0 Å². The SMILES string of the molecule is CCNC1CCC(C)(C)CC1OCCOCC(C)C. The van der Waals surface area contributed by atoms with Crippen LogP contribution in [0.3, 0.4) is 0 Å². The van der Waals surface area contributed by atoms with Gasteiger partial charge in [-0.15, -0.1) is 0 Å². The monoisotopic (exact) mass is 271 g/mol. The van der Waals surface area contributed by atoms with Crippen LogP contribution in [-0.4, -0.2) is 38.5 Å². The molecule has 0 amide bonds. The van der Waals surface area contributed by atoms with Crippen molar-refractivity contribution in [2.24, 2.45) is 11.3 Å². The van der Waals surface area contributed by atoms with Gasteiger partial charge in [0.2, 0.25) is 0 Å². The molecule has 0 aliphatic heterocycles. The Bertz CT molecular complexity index is 241. The Morgan fingerprint density at radius 2 is 2.00 bits per heavy atom. The Hall–Kier alpha value is -0.120. The van der Waals surface area contributed by atoms with E-state index < -0.39 is 0 Å². The molecule has 1 saturated carbocycles. The zero-order chi connectivity index (χ0) is 14.3. The summed E-state index contributed by atoms with van der Waals surface area (Å²) in [5.41, 5.74) is 0.412. The summed E-state index contributed by atoms with van der Waals surface area (Å²) >= 11 is 0. The molecule has 0 radical (unpaired) electrons. The summed E-state index contributed by atoms with van der Waals surface area (Å²) in [6.45, 7) is 14.5. The molecule has 3 heteroatoms. The second kappa shape index (κ2) is 8.23. The van der Waals surface area contributed by atoms with E-state index in [1.165, 1.54) is 12.8 Å². The predicted molar refractivity (Wildman–Crippen MR) is 80.5 cm³/mol. The van der Waals surface area contributed by atoms with Crippen LogP contribution in [0.1, 0.15) is 53.9 Å². The molecule has 2 atom stereocenters. The van der Waals surface area contributed by atoms with Crippen LogP contribution in [0.25, 0.3) is 0 Å². The fourth-order valence-electron chi connectivity index (χ4n) is 2.77. The zero-order valence-corrected chi connectivity index (χ0v) is 13.5. The minimum absolute atomic E-state index is 0.339. The van der Waals surface area contributed by atoms with Crippen molar-refractivity contribution in [3.05, 3.63) is 0 Å². The highest BCUT2D eigenvalue weighted by atomic mass is 16.5. The Kier molecular flexibility index (Phi) is 7.33. The van der Waals surface area contributed by atoms with Crippen LogP contribution in [0.5, 0.6) is 0 Å². The molecule has 1 aliphatic rings. The number of rotatable bonds is 8. The molecular weight excluding hydrogens is 238 g/mol. The summed E-state index contributed by atoms with van der Waals surface area (Å²) in [5, 5.41) is 3.57. The molecule has 0 aromatic carbocycles. The van der Waals surface area contributed by atoms with Gasteiger partial charge >= 0.3 is 0 Å². The van der Waals surface area contributed by atoms with Crippen molar-refractivity contribution >= 4 is 0 Å². The number of likely N-dealkylation sites (N-methyl/N-ethyl adjacent to an activating group) is 1. The van der Waals surface area contributed by atoms with E-state index in [0.29, 0.717) is 30.1 Å². The van der Waals surface area contributed by atoms with E-state index in [0.717, 1.165) is 26.2 Å². The first-order chi connectivity index (χ1) is 8.94. The van der Waals surface area contributed by atoms with Crippen LogP contribution >= 0.6 is 0 Å². The Labute approximate surface area is 119 Å². The molecule has 0 heterocycles. The minimum atomic E-state index is 0.339. The molecule has 114 valence electrons. The van der Waals surface area contributed by atoms with E-state index in [4.69, 9.17) is 9.47 Å². The lowest BCUT2D eigenvalue weighted by molar-refractivity contribution is -0.0510. The fraction of sp³-hybridized carbons (Fsp3) is 1.00. The molecule has 1 aliphatic carbocycles.